The van der Waals surface area contributed by atoms with Crippen LogP contribution in [-0.2, 0) is 4.79 Å². The van der Waals surface area contributed by atoms with Crippen LogP contribution in [0.15, 0.2) is 46.1 Å². The van der Waals surface area contributed by atoms with E-state index in [2.05, 4.69) is 10.3 Å². The molecule has 38 heavy (non-hydrogen) atoms. The Morgan fingerprint density at radius 2 is 1.74 bits per heavy atom. The van der Waals surface area contributed by atoms with Gasteiger partial charge >= 0.3 is 5.69 Å². The third kappa shape index (κ3) is 5.43. The van der Waals surface area contributed by atoms with Gasteiger partial charge in [0, 0.05) is 18.1 Å². The predicted molar refractivity (Wildman–Crippen MR) is 143 cm³/mol. The van der Waals surface area contributed by atoms with Crippen LogP contribution in [0.1, 0.15) is 57.5 Å². The molecule has 2 fully saturated rings. The smallest absolute Gasteiger partial charge is 0.333 e. The maximum Gasteiger partial charge on any atom is 0.333 e. The van der Waals surface area contributed by atoms with E-state index in [9.17, 15) is 23.9 Å². The summed E-state index contributed by atoms with van der Waals surface area (Å²) in [4.78, 5) is 44.0. The van der Waals surface area contributed by atoms with Crippen LogP contribution < -0.4 is 21.3 Å². The molecule has 3 aromatic rings. The van der Waals surface area contributed by atoms with Gasteiger partial charge in [0.1, 0.15) is 23.0 Å². The number of aromatic hydroxyl groups is 1. The number of phenolic OH excluding ortho intramolecular Hbond substituents is 1. The highest BCUT2D eigenvalue weighted by Gasteiger charge is 2.30. The Kier molecular flexibility index (Phi) is 7.73. The Labute approximate surface area is 223 Å². The molecule has 202 valence electrons. The number of ether oxygens (including phenoxy) is 1. The Balaban J connectivity index is 1.32. The van der Waals surface area contributed by atoms with Crippen molar-refractivity contribution in [1.29, 1.82) is 0 Å². The summed E-state index contributed by atoms with van der Waals surface area (Å²) in [5, 5.41) is 12.5. The van der Waals surface area contributed by atoms with Crippen LogP contribution in [0.25, 0.3) is 11.0 Å². The summed E-state index contributed by atoms with van der Waals surface area (Å²) < 4.78 is 22.7. The number of fused-ring (bicyclic) bond motifs is 1. The lowest BCUT2D eigenvalue weighted by Gasteiger charge is -2.32. The zero-order valence-electron chi connectivity index (χ0n) is 21.1. The SMILES string of the molecule is C[C@@H](Oc1ccc(O)cc1)C(=O)NC1CCC(n2c(=O)c3cc(F)cnc3n(C3CCSCC3)c2=O)CC1. The molecule has 11 heteroatoms. The molecule has 0 spiro atoms. The van der Waals surface area contributed by atoms with Gasteiger partial charge in [0.2, 0.25) is 0 Å². The first-order chi connectivity index (χ1) is 18.3. The molecule has 5 rings (SSSR count). The van der Waals surface area contributed by atoms with Gasteiger partial charge in [-0.15, -0.1) is 0 Å². The van der Waals surface area contributed by atoms with E-state index >= 15 is 0 Å². The van der Waals surface area contributed by atoms with Crippen molar-refractivity contribution in [2.75, 3.05) is 11.5 Å². The normalized spacial score (nSPS) is 21.2. The molecule has 0 radical (unpaired) electrons. The zero-order valence-corrected chi connectivity index (χ0v) is 22.0. The lowest BCUT2D eigenvalue weighted by molar-refractivity contribution is -0.128. The number of nitrogens with zero attached hydrogens (tertiary/aromatic N) is 3. The summed E-state index contributed by atoms with van der Waals surface area (Å²) in [7, 11) is 0. The molecule has 1 saturated carbocycles. The number of aromatic nitrogens is 3. The summed E-state index contributed by atoms with van der Waals surface area (Å²) >= 11 is 1.83. The monoisotopic (exact) mass is 542 g/mol. The van der Waals surface area contributed by atoms with Crippen LogP contribution >= 0.6 is 11.8 Å². The molecule has 0 unspecified atom stereocenters. The molecular weight excluding hydrogens is 511 g/mol. The van der Waals surface area contributed by atoms with Gasteiger partial charge in [0.05, 0.1) is 11.6 Å². The molecule has 1 aliphatic carbocycles. The third-order valence-electron chi connectivity index (χ3n) is 7.41. The predicted octanol–water partition coefficient (Wildman–Crippen LogP) is 3.54. The Morgan fingerprint density at radius 3 is 2.42 bits per heavy atom. The molecule has 0 bridgehead atoms. The molecule has 1 aliphatic heterocycles. The summed E-state index contributed by atoms with van der Waals surface area (Å²) in [5.41, 5.74) is -0.651. The molecule has 2 aliphatic rings. The second-order valence-corrected chi connectivity index (χ2v) is 11.2. The number of carbonyl (C=O) groups excluding carboxylic acids is 1. The van der Waals surface area contributed by atoms with E-state index < -0.39 is 17.5 Å². The lowest BCUT2D eigenvalue weighted by Crippen LogP contribution is -2.47. The van der Waals surface area contributed by atoms with E-state index in [4.69, 9.17) is 4.74 Å². The van der Waals surface area contributed by atoms with Crippen molar-refractivity contribution in [3.63, 3.8) is 0 Å². The lowest BCUT2D eigenvalue weighted by atomic mass is 9.90. The highest BCUT2D eigenvalue weighted by atomic mass is 32.2. The first-order valence-corrected chi connectivity index (χ1v) is 14.1. The number of nitrogens with one attached hydrogen (secondary N) is 1. The van der Waals surface area contributed by atoms with Gasteiger partial charge in [-0.3, -0.25) is 18.7 Å². The van der Waals surface area contributed by atoms with E-state index in [-0.39, 0.29) is 46.5 Å². The second kappa shape index (κ2) is 11.2. The number of benzene rings is 1. The van der Waals surface area contributed by atoms with Crippen molar-refractivity contribution < 1.29 is 19.0 Å². The second-order valence-electron chi connectivity index (χ2n) is 9.96. The summed E-state index contributed by atoms with van der Waals surface area (Å²) in [6.45, 7) is 1.65. The maximum absolute atomic E-state index is 14.1. The van der Waals surface area contributed by atoms with E-state index in [1.165, 1.54) is 22.8 Å². The highest BCUT2D eigenvalue weighted by molar-refractivity contribution is 7.99. The highest BCUT2D eigenvalue weighted by Crippen LogP contribution is 2.30. The van der Waals surface area contributed by atoms with Gasteiger partial charge in [-0.25, -0.2) is 14.2 Å². The number of hydrogen-bond donors (Lipinski definition) is 2. The topological polar surface area (TPSA) is 115 Å². The Morgan fingerprint density at radius 1 is 1.08 bits per heavy atom. The fourth-order valence-corrected chi connectivity index (χ4v) is 6.46. The maximum atomic E-state index is 14.1. The molecule has 1 amide bonds. The molecule has 3 heterocycles. The van der Waals surface area contributed by atoms with Crippen LogP contribution in [0.4, 0.5) is 4.39 Å². The number of hydrogen-bond acceptors (Lipinski definition) is 7. The van der Waals surface area contributed by atoms with Crippen LogP contribution in [0.5, 0.6) is 11.5 Å². The van der Waals surface area contributed by atoms with Crippen LogP contribution in [0.3, 0.4) is 0 Å². The number of pyridine rings is 1. The van der Waals surface area contributed by atoms with Gasteiger partial charge in [-0.1, -0.05) is 0 Å². The summed E-state index contributed by atoms with van der Waals surface area (Å²) in [6, 6.07) is 6.79. The van der Waals surface area contributed by atoms with Gasteiger partial charge < -0.3 is 15.2 Å². The van der Waals surface area contributed by atoms with Crippen LogP contribution in [0, 0.1) is 5.82 Å². The van der Waals surface area contributed by atoms with Gasteiger partial charge in [-0.05, 0) is 87.3 Å². The van der Waals surface area contributed by atoms with Crippen molar-refractivity contribution in [3.8, 4) is 11.5 Å². The van der Waals surface area contributed by atoms with Crippen molar-refractivity contribution in [3.05, 3.63) is 63.2 Å². The number of phenols is 1. The molecule has 2 aromatic heterocycles. The van der Waals surface area contributed by atoms with Crippen molar-refractivity contribution in [1.82, 2.24) is 19.4 Å². The number of carbonyl (C=O) groups is 1. The minimum atomic E-state index is -0.733. The Bertz CT molecular complexity index is 1430. The van der Waals surface area contributed by atoms with Gasteiger partial charge in [-0.2, -0.15) is 11.8 Å². The molecular formula is C27H31FN4O5S. The standard InChI is InChI=1S/C27H31FN4O5S/c1-16(37-22-8-6-21(33)7-9-22)25(34)30-18-2-4-19(5-3-18)32-26(35)23-14-17(28)15-29-24(23)31(27(32)36)20-10-12-38-13-11-20/h6-9,14-16,18-20,33H,2-5,10-13H2,1H3,(H,30,34)/t16-,18?,19?/m1/s1. The third-order valence-corrected chi connectivity index (χ3v) is 8.45. The van der Waals surface area contributed by atoms with E-state index in [1.54, 1.807) is 23.6 Å². The van der Waals surface area contributed by atoms with Crippen molar-refractivity contribution >= 4 is 28.7 Å². The minimum absolute atomic E-state index is 0.0817. The summed E-state index contributed by atoms with van der Waals surface area (Å²) in [6.07, 6.45) is 4.15. The van der Waals surface area contributed by atoms with Crippen LogP contribution in [-0.4, -0.2) is 48.8 Å². The molecule has 1 atom stereocenters. The van der Waals surface area contributed by atoms with E-state index in [0.717, 1.165) is 30.5 Å². The fraction of sp³-hybridized carbons (Fsp3) is 0.481. The molecule has 2 N–H and O–H groups in total. The molecule has 9 nitrogen and oxygen atoms in total. The molecule has 1 aromatic carbocycles. The van der Waals surface area contributed by atoms with Gasteiger partial charge in [0.25, 0.3) is 11.5 Å². The van der Waals surface area contributed by atoms with E-state index in [0.29, 0.717) is 31.4 Å². The molecule has 1 saturated heterocycles. The van der Waals surface area contributed by atoms with Crippen molar-refractivity contribution in [2.24, 2.45) is 0 Å². The summed E-state index contributed by atoms with van der Waals surface area (Å²) in [5.74, 6) is 1.55. The first-order valence-electron chi connectivity index (χ1n) is 13.0. The van der Waals surface area contributed by atoms with E-state index in [1.807, 2.05) is 11.8 Å². The van der Waals surface area contributed by atoms with Gasteiger partial charge in [0.15, 0.2) is 6.10 Å². The number of rotatable bonds is 6. The fourth-order valence-electron chi connectivity index (χ4n) is 5.38. The average Bonchev–Trinajstić information content (AvgIpc) is 2.92. The average molecular weight is 543 g/mol. The Hall–Kier alpha value is -3.34. The first kappa shape index (κ1) is 26.3. The van der Waals surface area contributed by atoms with Crippen molar-refractivity contribution in [2.45, 2.75) is 69.7 Å². The number of halogens is 1. The quantitative estimate of drug-likeness (QED) is 0.490. The minimum Gasteiger partial charge on any atom is -0.508 e. The number of thioether (sulfide) groups is 1. The van der Waals surface area contributed by atoms with Crippen LogP contribution in [0.2, 0.25) is 0 Å². The zero-order chi connectivity index (χ0) is 26.8. The largest absolute Gasteiger partial charge is 0.508 e. The number of amides is 1.